The van der Waals surface area contributed by atoms with Crippen molar-refractivity contribution in [1.29, 1.82) is 0 Å². The first-order valence-electron chi connectivity index (χ1n) is 7.07. The minimum Gasteiger partial charge on any atom is -0.324 e. The maximum atomic E-state index is 6.24. The summed E-state index contributed by atoms with van der Waals surface area (Å²) in [6, 6.07) is 19.6. The maximum absolute atomic E-state index is 6.24. The van der Waals surface area contributed by atoms with Gasteiger partial charge in [0, 0.05) is 6.04 Å². The van der Waals surface area contributed by atoms with Crippen molar-refractivity contribution in [2.45, 2.75) is 18.9 Å². The summed E-state index contributed by atoms with van der Waals surface area (Å²) in [4.78, 5) is 0. The molecule has 100 valence electrons. The lowest BCUT2D eigenvalue weighted by Crippen LogP contribution is -2.09. The highest BCUT2D eigenvalue weighted by atomic mass is 14.6. The number of benzene rings is 3. The van der Waals surface area contributed by atoms with E-state index in [-0.39, 0.29) is 6.04 Å². The van der Waals surface area contributed by atoms with Gasteiger partial charge in [-0.25, -0.2) is 0 Å². The molecule has 1 heteroatoms. The van der Waals surface area contributed by atoms with Crippen LogP contribution in [0.2, 0.25) is 0 Å². The van der Waals surface area contributed by atoms with Crippen molar-refractivity contribution in [3.63, 3.8) is 0 Å². The lowest BCUT2D eigenvalue weighted by atomic mass is 9.97. The average molecular weight is 261 g/mol. The van der Waals surface area contributed by atoms with E-state index in [4.69, 9.17) is 5.73 Å². The molecule has 3 rings (SSSR count). The van der Waals surface area contributed by atoms with Crippen molar-refractivity contribution in [1.82, 2.24) is 0 Å². The molecule has 0 spiro atoms. The van der Waals surface area contributed by atoms with Crippen LogP contribution in [-0.2, 0) is 0 Å². The highest BCUT2D eigenvalue weighted by Gasteiger charge is 2.06. The predicted molar refractivity (Wildman–Crippen MR) is 87.8 cm³/mol. The number of allylic oxidation sites excluding steroid dienone is 1. The van der Waals surface area contributed by atoms with E-state index in [1.165, 1.54) is 27.1 Å². The van der Waals surface area contributed by atoms with Crippen LogP contribution >= 0.6 is 0 Å². The van der Waals surface area contributed by atoms with Crippen LogP contribution in [0.15, 0.2) is 67.3 Å². The van der Waals surface area contributed by atoms with Crippen molar-refractivity contribution in [2.75, 3.05) is 0 Å². The molecule has 0 saturated heterocycles. The Kier molecular flexibility index (Phi) is 3.53. The first-order chi connectivity index (χ1) is 9.78. The lowest BCUT2D eigenvalue weighted by Gasteiger charge is -2.12. The second-order valence-electron chi connectivity index (χ2n) is 5.28. The standard InChI is InChI=1S/C19H19N/c1-2-3-8-19(20)17-10-9-16-11-14-6-4-5-7-15(14)12-18(16)13-17/h2,4-7,9-13,19H,1,3,8,20H2. The predicted octanol–water partition coefficient (Wildman–Crippen LogP) is 4.96. The lowest BCUT2D eigenvalue weighted by molar-refractivity contribution is 0.662. The zero-order valence-corrected chi connectivity index (χ0v) is 11.5. The van der Waals surface area contributed by atoms with E-state index in [0.717, 1.165) is 12.8 Å². The Labute approximate surface area is 119 Å². The van der Waals surface area contributed by atoms with Gasteiger partial charge in [-0.05, 0) is 58.1 Å². The van der Waals surface area contributed by atoms with Gasteiger partial charge in [-0.1, -0.05) is 42.5 Å². The fourth-order valence-corrected chi connectivity index (χ4v) is 2.65. The van der Waals surface area contributed by atoms with Crippen molar-refractivity contribution < 1.29 is 0 Å². The maximum Gasteiger partial charge on any atom is 0.0298 e. The van der Waals surface area contributed by atoms with Gasteiger partial charge in [-0.2, -0.15) is 0 Å². The molecule has 1 unspecified atom stereocenters. The van der Waals surface area contributed by atoms with E-state index in [9.17, 15) is 0 Å². The summed E-state index contributed by atoms with van der Waals surface area (Å²) in [5.41, 5.74) is 7.44. The largest absolute Gasteiger partial charge is 0.324 e. The van der Waals surface area contributed by atoms with Crippen LogP contribution in [0.4, 0.5) is 0 Å². The van der Waals surface area contributed by atoms with Crippen molar-refractivity contribution >= 4 is 21.5 Å². The molecule has 0 aromatic heterocycles. The van der Waals surface area contributed by atoms with Crippen molar-refractivity contribution in [2.24, 2.45) is 5.73 Å². The van der Waals surface area contributed by atoms with Crippen molar-refractivity contribution in [3.8, 4) is 0 Å². The quantitative estimate of drug-likeness (QED) is 0.521. The Morgan fingerprint density at radius 2 is 1.55 bits per heavy atom. The molecule has 0 aliphatic carbocycles. The number of hydrogen-bond acceptors (Lipinski definition) is 1. The van der Waals surface area contributed by atoms with Crippen LogP contribution in [-0.4, -0.2) is 0 Å². The van der Waals surface area contributed by atoms with Gasteiger partial charge in [0.05, 0.1) is 0 Å². The van der Waals surface area contributed by atoms with E-state index in [0.29, 0.717) is 0 Å². The highest BCUT2D eigenvalue weighted by molar-refractivity contribution is 5.98. The van der Waals surface area contributed by atoms with Crippen LogP contribution in [0.1, 0.15) is 24.4 Å². The molecule has 1 nitrogen and oxygen atoms in total. The summed E-state index contributed by atoms with van der Waals surface area (Å²) in [6.07, 6.45) is 3.83. The van der Waals surface area contributed by atoms with Gasteiger partial charge in [0.15, 0.2) is 0 Å². The Balaban J connectivity index is 2.05. The summed E-state index contributed by atoms with van der Waals surface area (Å²) in [5.74, 6) is 0. The third-order valence-electron chi connectivity index (χ3n) is 3.84. The van der Waals surface area contributed by atoms with Gasteiger partial charge in [-0.3, -0.25) is 0 Å². The summed E-state index contributed by atoms with van der Waals surface area (Å²) in [6.45, 7) is 3.75. The topological polar surface area (TPSA) is 26.0 Å². The van der Waals surface area contributed by atoms with E-state index >= 15 is 0 Å². The molecule has 0 radical (unpaired) electrons. The minimum absolute atomic E-state index is 0.0869. The molecule has 0 fully saturated rings. The number of nitrogens with two attached hydrogens (primary N) is 1. The summed E-state index contributed by atoms with van der Waals surface area (Å²) >= 11 is 0. The Morgan fingerprint density at radius 3 is 2.25 bits per heavy atom. The smallest absolute Gasteiger partial charge is 0.0298 e. The number of hydrogen-bond donors (Lipinski definition) is 1. The Morgan fingerprint density at radius 1 is 0.900 bits per heavy atom. The van der Waals surface area contributed by atoms with Gasteiger partial charge in [0.25, 0.3) is 0 Å². The van der Waals surface area contributed by atoms with Crippen LogP contribution in [0.5, 0.6) is 0 Å². The first kappa shape index (κ1) is 12.9. The molecule has 2 N–H and O–H groups in total. The second kappa shape index (κ2) is 5.48. The Bertz CT molecular complexity index is 758. The van der Waals surface area contributed by atoms with Gasteiger partial charge < -0.3 is 5.73 Å². The summed E-state index contributed by atoms with van der Waals surface area (Å²) in [7, 11) is 0. The number of fused-ring (bicyclic) bond motifs is 2. The zero-order valence-electron chi connectivity index (χ0n) is 11.5. The molecule has 0 saturated carbocycles. The van der Waals surface area contributed by atoms with Crippen LogP contribution in [0.3, 0.4) is 0 Å². The molecular weight excluding hydrogens is 242 g/mol. The van der Waals surface area contributed by atoms with Crippen molar-refractivity contribution in [3.05, 3.63) is 72.8 Å². The summed E-state index contributed by atoms with van der Waals surface area (Å²) in [5, 5.41) is 5.08. The molecule has 20 heavy (non-hydrogen) atoms. The molecule has 0 bridgehead atoms. The third kappa shape index (κ3) is 2.45. The fourth-order valence-electron chi connectivity index (χ4n) is 2.65. The minimum atomic E-state index is 0.0869. The molecule has 0 aliphatic rings. The monoisotopic (exact) mass is 261 g/mol. The molecule has 0 aliphatic heterocycles. The van der Waals surface area contributed by atoms with Crippen LogP contribution in [0.25, 0.3) is 21.5 Å². The normalized spacial score (nSPS) is 12.7. The summed E-state index contributed by atoms with van der Waals surface area (Å²) < 4.78 is 0. The third-order valence-corrected chi connectivity index (χ3v) is 3.84. The van der Waals surface area contributed by atoms with E-state index < -0.39 is 0 Å². The van der Waals surface area contributed by atoms with E-state index in [1.54, 1.807) is 0 Å². The van der Waals surface area contributed by atoms with E-state index in [1.807, 2.05) is 6.08 Å². The molecule has 1 atom stereocenters. The van der Waals surface area contributed by atoms with Gasteiger partial charge in [0.1, 0.15) is 0 Å². The molecular formula is C19H19N. The zero-order chi connectivity index (χ0) is 13.9. The average Bonchev–Trinajstić information content (AvgIpc) is 2.50. The van der Waals surface area contributed by atoms with E-state index in [2.05, 4.69) is 61.2 Å². The van der Waals surface area contributed by atoms with Crippen LogP contribution in [0, 0.1) is 0 Å². The SMILES string of the molecule is C=CCCC(N)c1ccc2cc3ccccc3cc2c1. The highest BCUT2D eigenvalue weighted by Crippen LogP contribution is 2.26. The first-order valence-corrected chi connectivity index (χ1v) is 7.07. The molecule has 0 heterocycles. The second-order valence-corrected chi connectivity index (χ2v) is 5.28. The van der Waals surface area contributed by atoms with Gasteiger partial charge >= 0.3 is 0 Å². The number of rotatable bonds is 4. The Hall–Kier alpha value is -2.12. The fraction of sp³-hybridized carbons (Fsp3) is 0.158. The van der Waals surface area contributed by atoms with Crippen LogP contribution < -0.4 is 5.73 Å². The molecule has 3 aromatic carbocycles. The van der Waals surface area contributed by atoms with Gasteiger partial charge in [-0.15, -0.1) is 6.58 Å². The van der Waals surface area contributed by atoms with Gasteiger partial charge in [0.2, 0.25) is 0 Å². The molecule has 3 aromatic rings. The molecule has 0 amide bonds.